The van der Waals surface area contributed by atoms with Gasteiger partial charge in [0.2, 0.25) is 0 Å². The molecule has 6 nitrogen and oxygen atoms in total. The van der Waals surface area contributed by atoms with Crippen LogP contribution in [0.5, 0.6) is 0 Å². The van der Waals surface area contributed by atoms with Crippen LogP contribution < -0.4 is 0 Å². The van der Waals surface area contributed by atoms with Crippen molar-refractivity contribution in [2.75, 3.05) is 26.2 Å². The molecule has 0 radical (unpaired) electrons. The maximum atomic E-state index is 12.4. The smallest absolute Gasteiger partial charge is 0.394 e. The summed E-state index contributed by atoms with van der Waals surface area (Å²) in [5.41, 5.74) is 1.25. The van der Waals surface area contributed by atoms with Crippen molar-refractivity contribution in [2.24, 2.45) is 0 Å². The van der Waals surface area contributed by atoms with Crippen molar-refractivity contribution < 1.29 is 19.5 Å². The molecule has 1 aliphatic heterocycles. The van der Waals surface area contributed by atoms with Crippen LogP contribution in [0.3, 0.4) is 0 Å². The van der Waals surface area contributed by atoms with Gasteiger partial charge >= 0.3 is 11.9 Å². The minimum absolute atomic E-state index is 0.203. The largest absolute Gasteiger partial charge is 0.474 e. The summed E-state index contributed by atoms with van der Waals surface area (Å²) in [6, 6.07) is 5.24. The van der Waals surface area contributed by atoms with Gasteiger partial charge in [-0.05, 0) is 18.6 Å². The fourth-order valence-corrected chi connectivity index (χ4v) is 2.44. The SMILES string of the molecule is Cc1cccc(C(=O)N2CCN(C(=O)C(=O)O)CC2)c1Cl. The van der Waals surface area contributed by atoms with Crippen LogP contribution in [0.15, 0.2) is 18.2 Å². The number of hydrogen-bond donors (Lipinski definition) is 1. The second-order valence-electron chi connectivity index (χ2n) is 4.83. The third-order valence-corrected chi connectivity index (χ3v) is 3.96. The van der Waals surface area contributed by atoms with Crippen LogP contribution in [0.4, 0.5) is 0 Å². The highest BCUT2D eigenvalue weighted by atomic mass is 35.5. The van der Waals surface area contributed by atoms with E-state index in [4.69, 9.17) is 16.7 Å². The quantitative estimate of drug-likeness (QED) is 0.786. The summed E-state index contributed by atoms with van der Waals surface area (Å²) < 4.78 is 0. The number of piperazine rings is 1. The number of rotatable bonds is 1. The van der Waals surface area contributed by atoms with E-state index in [-0.39, 0.29) is 19.0 Å². The fraction of sp³-hybridized carbons (Fsp3) is 0.357. The molecule has 0 atom stereocenters. The van der Waals surface area contributed by atoms with E-state index in [1.54, 1.807) is 17.0 Å². The molecule has 1 aromatic rings. The lowest BCUT2D eigenvalue weighted by Gasteiger charge is -2.34. The average molecular weight is 311 g/mol. The van der Waals surface area contributed by atoms with Gasteiger partial charge in [0, 0.05) is 26.2 Å². The summed E-state index contributed by atoms with van der Waals surface area (Å²) in [5, 5.41) is 9.09. The van der Waals surface area contributed by atoms with Gasteiger partial charge in [0.1, 0.15) is 0 Å². The van der Waals surface area contributed by atoms with E-state index >= 15 is 0 Å². The van der Waals surface area contributed by atoms with Crippen molar-refractivity contribution in [3.05, 3.63) is 34.3 Å². The van der Waals surface area contributed by atoms with Gasteiger partial charge in [-0.1, -0.05) is 23.7 Å². The van der Waals surface area contributed by atoms with Crippen LogP contribution >= 0.6 is 11.6 Å². The molecule has 1 saturated heterocycles. The minimum atomic E-state index is -1.48. The van der Waals surface area contributed by atoms with Gasteiger partial charge in [-0.2, -0.15) is 0 Å². The number of halogens is 1. The number of nitrogens with zero attached hydrogens (tertiary/aromatic N) is 2. The van der Waals surface area contributed by atoms with Gasteiger partial charge in [-0.25, -0.2) is 4.79 Å². The van der Waals surface area contributed by atoms with E-state index in [2.05, 4.69) is 0 Å². The number of amides is 2. The number of carboxylic acid groups (broad SMARTS) is 1. The van der Waals surface area contributed by atoms with Crippen molar-refractivity contribution in [1.82, 2.24) is 9.80 Å². The van der Waals surface area contributed by atoms with Crippen LogP contribution in [0.1, 0.15) is 15.9 Å². The van der Waals surface area contributed by atoms with E-state index in [9.17, 15) is 14.4 Å². The Morgan fingerprint density at radius 3 is 2.24 bits per heavy atom. The zero-order valence-electron chi connectivity index (χ0n) is 11.5. The molecule has 1 N–H and O–H groups in total. The summed E-state index contributed by atoms with van der Waals surface area (Å²) in [6.07, 6.45) is 0. The van der Waals surface area contributed by atoms with Crippen molar-refractivity contribution in [2.45, 2.75) is 6.92 Å². The van der Waals surface area contributed by atoms with Gasteiger partial charge in [-0.3, -0.25) is 9.59 Å². The van der Waals surface area contributed by atoms with Crippen LogP contribution in [0.25, 0.3) is 0 Å². The van der Waals surface area contributed by atoms with Crippen LogP contribution in [-0.2, 0) is 9.59 Å². The molecule has 0 unspecified atom stereocenters. The number of carboxylic acids is 1. The van der Waals surface area contributed by atoms with E-state index < -0.39 is 11.9 Å². The van der Waals surface area contributed by atoms with Crippen molar-refractivity contribution in [3.8, 4) is 0 Å². The lowest BCUT2D eigenvalue weighted by Crippen LogP contribution is -2.52. The highest BCUT2D eigenvalue weighted by Gasteiger charge is 2.28. The number of hydrogen-bond acceptors (Lipinski definition) is 3. The van der Waals surface area contributed by atoms with E-state index in [1.165, 1.54) is 4.90 Å². The first-order valence-electron chi connectivity index (χ1n) is 6.48. The van der Waals surface area contributed by atoms with E-state index in [0.29, 0.717) is 23.7 Å². The van der Waals surface area contributed by atoms with Crippen LogP contribution in [-0.4, -0.2) is 58.9 Å². The maximum absolute atomic E-state index is 12.4. The van der Waals surface area contributed by atoms with Crippen LogP contribution in [0, 0.1) is 6.92 Å². The summed E-state index contributed by atoms with van der Waals surface area (Å²) in [6.45, 7) is 2.83. The molecule has 0 saturated carbocycles. The molecule has 112 valence electrons. The Hall–Kier alpha value is -2.08. The third kappa shape index (κ3) is 3.16. The predicted molar refractivity (Wildman–Crippen MR) is 76.3 cm³/mol. The average Bonchev–Trinajstić information content (AvgIpc) is 2.48. The first-order chi connectivity index (χ1) is 9.91. The molecule has 0 aliphatic carbocycles. The van der Waals surface area contributed by atoms with Gasteiger partial charge in [0.25, 0.3) is 5.91 Å². The molecule has 1 aliphatic rings. The standard InChI is InChI=1S/C14H15ClN2O4/c1-9-3-2-4-10(11(9)15)12(18)16-5-7-17(8-6-16)13(19)14(20)21/h2-4H,5-8H2,1H3,(H,20,21). The lowest BCUT2D eigenvalue weighted by atomic mass is 10.1. The van der Waals surface area contributed by atoms with Gasteiger partial charge in [-0.15, -0.1) is 0 Å². The Kier molecular flexibility index (Phi) is 4.47. The maximum Gasteiger partial charge on any atom is 0.394 e. The normalized spacial score (nSPS) is 15.0. The zero-order chi connectivity index (χ0) is 15.6. The summed E-state index contributed by atoms with van der Waals surface area (Å²) >= 11 is 6.14. The predicted octanol–water partition coefficient (Wildman–Crippen LogP) is 1.02. The molecule has 1 heterocycles. The second-order valence-corrected chi connectivity index (χ2v) is 5.20. The Morgan fingerprint density at radius 2 is 1.67 bits per heavy atom. The Bertz CT molecular complexity index is 595. The molecule has 1 fully saturated rings. The van der Waals surface area contributed by atoms with Gasteiger partial charge in [0.05, 0.1) is 10.6 Å². The highest BCUT2D eigenvalue weighted by molar-refractivity contribution is 6.34. The van der Waals surface area contributed by atoms with Crippen molar-refractivity contribution in [3.63, 3.8) is 0 Å². The van der Waals surface area contributed by atoms with Gasteiger partial charge < -0.3 is 14.9 Å². The third-order valence-electron chi connectivity index (χ3n) is 3.46. The monoisotopic (exact) mass is 310 g/mol. The summed E-state index contributed by atoms with van der Waals surface area (Å²) in [7, 11) is 0. The molecule has 1 aromatic carbocycles. The molecular weight excluding hydrogens is 296 g/mol. The van der Waals surface area contributed by atoms with E-state index in [1.807, 2.05) is 13.0 Å². The number of benzene rings is 1. The molecule has 7 heteroatoms. The van der Waals surface area contributed by atoms with Crippen LogP contribution in [0.2, 0.25) is 5.02 Å². The lowest BCUT2D eigenvalue weighted by molar-refractivity contribution is -0.156. The Morgan fingerprint density at radius 1 is 1.10 bits per heavy atom. The van der Waals surface area contributed by atoms with Crippen molar-refractivity contribution in [1.29, 1.82) is 0 Å². The van der Waals surface area contributed by atoms with E-state index in [0.717, 1.165) is 5.56 Å². The van der Waals surface area contributed by atoms with Crippen molar-refractivity contribution >= 4 is 29.4 Å². The summed E-state index contributed by atoms with van der Waals surface area (Å²) in [4.78, 5) is 37.2. The number of carbonyl (C=O) groups excluding carboxylic acids is 2. The molecule has 2 rings (SSSR count). The Balaban J connectivity index is 2.05. The topological polar surface area (TPSA) is 77.9 Å². The molecule has 2 amide bonds. The number of aliphatic carboxylic acids is 1. The Labute approximate surface area is 126 Å². The molecule has 0 bridgehead atoms. The zero-order valence-corrected chi connectivity index (χ0v) is 12.3. The first-order valence-corrected chi connectivity index (χ1v) is 6.86. The molecule has 0 aromatic heterocycles. The summed E-state index contributed by atoms with van der Waals surface area (Å²) in [5.74, 6) is -2.61. The molecule has 0 spiro atoms. The highest BCUT2D eigenvalue weighted by Crippen LogP contribution is 2.22. The fourth-order valence-electron chi connectivity index (χ4n) is 2.23. The minimum Gasteiger partial charge on any atom is -0.474 e. The number of carbonyl (C=O) groups is 3. The molecular formula is C14H15ClN2O4. The molecule has 21 heavy (non-hydrogen) atoms. The van der Waals surface area contributed by atoms with Gasteiger partial charge in [0.15, 0.2) is 0 Å². The number of aryl methyl sites for hydroxylation is 1. The second kappa shape index (κ2) is 6.13. The first kappa shape index (κ1) is 15.3.